The number of rotatable bonds is 4. The maximum atomic E-state index is 12.4. The number of carbonyl (C=O) groups is 2. The van der Waals surface area contributed by atoms with E-state index in [1.54, 1.807) is 4.90 Å². The fraction of sp³-hybridized carbons (Fsp3) is 0.846. The van der Waals surface area contributed by atoms with Crippen molar-refractivity contribution >= 4 is 11.9 Å². The van der Waals surface area contributed by atoms with Crippen molar-refractivity contribution in [2.75, 3.05) is 13.7 Å². The lowest BCUT2D eigenvalue weighted by Gasteiger charge is -2.31. The number of likely N-dealkylation sites (tertiary alicyclic amines) is 1. The Kier molecular flexibility index (Phi) is 4.54. The number of nitrogens with zero attached hydrogens (tertiary/aromatic N) is 1. The van der Waals surface area contributed by atoms with Crippen LogP contribution in [0.5, 0.6) is 0 Å². The molecule has 0 unspecified atom stereocenters. The van der Waals surface area contributed by atoms with Crippen LogP contribution in [0.25, 0.3) is 0 Å². The molecule has 1 rings (SSSR count). The maximum Gasteiger partial charge on any atom is 0.328 e. The highest BCUT2D eigenvalue weighted by atomic mass is 16.5. The molecule has 1 atom stereocenters. The minimum Gasteiger partial charge on any atom is -0.467 e. The largest absolute Gasteiger partial charge is 0.467 e. The van der Waals surface area contributed by atoms with Gasteiger partial charge in [0.1, 0.15) is 6.04 Å². The highest BCUT2D eigenvalue weighted by Crippen LogP contribution is 2.29. The van der Waals surface area contributed by atoms with E-state index in [4.69, 9.17) is 4.74 Å². The van der Waals surface area contributed by atoms with Crippen molar-refractivity contribution in [3.8, 4) is 0 Å². The van der Waals surface area contributed by atoms with Crippen LogP contribution in [0.1, 0.15) is 46.5 Å². The monoisotopic (exact) mass is 241 g/mol. The number of methoxy groups -OCH3 is 1. The van der Waals surface area contributed by atoms with E-state index in [2.05, 4.69) is 6.92 Å². The lowest BCUT2D eigenvalue weighted by Crippen LogP contribution is -2.47. The smallest absolute Gasteiger partial charge is 0.328 e. The van der Waals surface area contributed by atoms with Crippen LogP contribution in [0.4, 0.5) is 0 Å². The van der Waals surface area contributed by atoms with E-state index in [1.807, 2.05) is 13.8 Å². The Morgan fingerprint density at radius 1 is 1.41 bits per heavy atom. The van der Waals surface area contributed by atoms with E-state index in [0.717, 1.165) is 25.7 Å². The molecule has 4 heteroatoms. The lowest BCUT2D eigenvalue weighted by molar-refractivity contribution is -0.154. The fourth-order valence-corrected chi connectivity index (χ4v) is 2.51. The topological polar surface area (TPSA) is 46.6 Å². The standard InChI is InChI=1S/C13H23NO3/c1-5-8-13(2,3)12(16)14-9-6-7-10(14)11(15)17-4/h10H,5-9H2,1-4H3/t10-/m1/s1. The third kappa shape index (κ3) is 2.99. The summed E-state index contributed by atoms with van der Waals surface area (Å²) >= 11 is 0. The molecule has 0 radical (unpaired) electrons. The van der Waals surface area contributed by atoms with Gasteiger partial charge in [0.05, 0.1) is 7.11 Å². The predicted octanol–water partition coefficient (Wildman–Crippen LogP) is 1.98. The van der Waals surface area contributed by atoms with Crippen molar-refractivity contribution in [3.63, 3.8) is 0 Å². The first-order chi connectivity index (χ1) is 7.94. The van der Waals surface area contributed by atoms with Gasteiger partial charge in [-0.05, 0) is 19.3 Å². The predicted molar refractivity (Wildman–Crippen MR) is 65.4 cm³/mol. The number of esters is 1. The van der Waals surface area contributed by atoms with Crippen LogP contribution >= 0.6 is 0 Å². The van der Waals surface area contributed by atoms with Crippen LogP contribution in [0.15, 0.2) is 0 Å². The summed E-state index contributed by atoms with van der Waals surface area (Å²) in [5.74, 6) is -0.213. The highest BCUT2D eigenvalue weighted by molar-refractivity contribution is 5.88. The number of carbonyl (C=O) groups excluding carboxylic acids is 2. The Morgan fingerprint density at radius 3 is 2.59 bits per heavy atom. The molecule has 0 saturated carbocycles. The second-order valence-electron chi connectivity index (χ2n) is 5.31. The number of amides is 1. The van der Waals surface area contributed by atoms with E-state index in [1.165, 1.54) is 7.11 Å². The van der Waals surface area contributed by atoms with Gasteiger partial charge in [-0.1, -0.05) is 27.2 Å². The summed E-state index contributed by atoms with van der Waals surface area (Å²) in [7, 11) is 1.38. The second-order valence-corrected chi connectivity index (χ2v) is 5.31. The van der Waals surface area contributed by atoms with Crippen LogP contribution in [0.3, 0.4) is 0 Å². The Labute approximate surface area is 103 Å². The summed E-state index contributed by atoms with van der Waals surface area (Å²) in [5, 5.41) is 0. The third-order valence-corrected chi connectivity index (χ3v) is 3.44. The Bertz CT molecular complexity index is 299. The summed E-state index contributed by atoms with van der Waals surface area (Å²) in [4.78, 5) is 25.7. The van der Waals surface area contributed by atoms with Crippen LogP contribution in [-0.2, 0) is 14.3 Å². The van der Waals surface area contributed by atoms with Crippen LogP contribution in [-0.4, -0.2) is 36.5 Å². The lowest BCUT2D eigenvalue weighted by atomic mass is 9.86. The zero-order chi connectivity index (χ0) is 13.1. The van der Waals surface area contributed by atoms with Gasteiger partial charge in [-0.2, -0.15) is 0 Å². The van der Waals surface area contributed by atoms with Crippen molar-refractivity contribution in [1.29, 1.82) is 0 Å². The molecule has 0 N–H and O–H groups in total. The molecule has 4 nitrogen and oxygen atoms in total. The molecule has 0 aromatic carbocycles. The quantitative estimate of drug-likeness (QED) is 0.707. The first kappa shape index (κ1) is 14.0. The fourth-order valence-electron chi connectivity index (χ4n) is 2.51. The SMILES string of the molecule is CCCC(C)(C)C(=O)N1CCC[C@@H]1C(=O)OC. The molecular formula is C13H23NO3. The number of hydrogen-bond acceptors (Lipinski definition) is 3. The molecule has 1 aliphatic rings. The van der Waals surface area contributed by atoms with Gasteiger partial charge >= 0.3 is 5.97 Å². The normalized spacial score (nSPS) is 20.5. The van der Waals surface area contributed by atoms with Crippen molar-refractivity contribution in [2.24, 2.45) is 5.41 Å². The maximum absolute atomic E-state index is 12.4. The summed E-state index contributed by atoms with van der Waals surface area (Å²) in [5.41, 5.74) is -0.384. The van der Waals surface area contributed by atoms with Gasteiger partial charge in [-0.15, -0.1) is 0 Å². The molecule has 1 fully saturated rings. The van der Waals surface area contributed by atoms with Gasteiger partial charge < -0.3 is 9.64 Å². The van der Waals surface area contributed by atoms with Crippen molar-refractivity contribution in [3.05, 3.63) is 0 Å². The Balaban J connectivity index is 2.77. The molecule has 0 spiro atoms. The molecule has 0 aromatic rings. The van der Waals surface area contributed by atoms with Gasteiger partial charge in [0.15, 0.2) is 0 Å². The molecule has 0 aromatic heterocycles. The van der Waals surface area contributed by atoms with Crippen molar-refractivity contribution in [1.82, 2.24) is 4.90 Å². The molecule has 1 amide bonds. The third-order valence-electron chi connectivity index (χ3n) is 3.44. The van der Waals surface area contributed by atoms with Crippen LogP contribution in [0.2, 0.25) is 0 Å². The van der Waals surface area contributed by atoms with Gasteiger partial charge in [0.25, 0.3) is 0 Å². The van der Waals surface area contributed by atoms with Crippen LogP contribution < -0.4 is 0 Å². The molecule has 1 saturated heterocycles. The Morgan fingerprint density at radius 2 is 2.06 bits per heavy atom. The number of ether oxygens (including phenoxy) is 1. The Hall–Kier alpha value is -1.06. The minimum atomic E-state index is -0.384. The van der Waals surface area contributed by atoms with Crippen molar-refractivity contribution < 1.29 is 14.3 Å². The second kappa shape index (κ2) is 5.52. The average Bonchev–Trinajstić information content (AvgIpc) is 2.75. The molecule has 1 heterocycles. The zero-order valence-corrected chi connectivity index (χ0v) is 11.3. The zero-order valence-electron chi connectivity index (χ0n) is 11.3. The van der Waals surface area contributed by atoms with Gasteiger partial charge in [0, 0.05) is 12.0 Å². The summed E-state index contributed by atoms with van der Waals surface area (Å²) in [6.07, 6.45) is 3.42. The highest BCUT2D eigenvalue weighted by Gasteiger charge is 2.40. The van der Waals surface area contributed by atoms with Gasteiger partial charge in [-0.3, -0.25) is 4.79 Å². The molecular weight excluding hydrogens is 218 g/mol. The summed E-state index contributed by atoms with van der Waals surface area (Å²) < 4.78 is 4.75. The molecule has 0 bridgehead atoms. The first-order valence-electron chi connectivity index (χ1n) is 6.33. The van der Waals surface area contributed by atoms with Crippen molar-refractivity contribution in [2.45, 2.75) is 52.5 Å². The summed E-state index contributed by atoms with van der Waals surface area (Å²) in [6.45, 7) is 6.64. The van der Waals surface area contributed by atoms with E-state index < -0.39 is 0 Å². The first-order valence-corrected chi connectivity index (χ1v) is 6.33. The molecule has 1 aliphatic heterocycles. The van der Waals surface area contributed by atoms with Gasteiger partial charge in [-0.25, -0.2) is 4.79 Å². The minimum absolute atomic E-state index is 0.0762. The molecule has 0 aliphatic carbocycles. The summed E-state index contributed by atoms with van der Waals surface area (Å²) in [6, 6.07) is -0.372. The van der Waals surface area contributed by atoms with Crippen LogP contribution in [0, 0.1) is 5.41 Å². The van der Waals surface area contributed by atoms with E-state index in [9.17, 15) is 9.59 Å². The van der Waals surface area contributed by atoms with E-state index in [-0.39, 0.29) is 23.3 Å². The number of hydrogen-bond donors (Lipinski definition) is 0. The van der Waals surface area contributed by atoms with E-state index in [0.29, 0.717) is 6.54 Å². The average molecular weight is 241 g/mol. The molecule has 98 valence electrons. The molecule has 17 heavy (non-hydrogen) atoms. The van der Waals surface area contributed by atoms with E-state index >= 15 is 0 Å². The van der Waals surface area contributed by atoms with Gasteiger partial charge in [0.2, 0.25) is 5.91 Å².